The van der Waals surface area contributed by atoms with E-state index in [1.807, 2.05) is 19.1 Å². The van der Waals surface area contributed by atoms with Crippen LogP contribution >= 0.6 is 0 Å². The third-order valence-corrected chi connectivity index (χ3v) is 3.58. The van der Waals surface area contributed by atoms with Gasteiger partial charge in [-0.3, -0.25) is 4.79 Å². The number of carbonyl (C=O) groups excluding carboxylic acids is 1. The van der Waals surface area contributed by atoms with E-state index in [2.05, 4.69) is 4.98 Å². The lowest BCUT2D eigenvalue weighted by Crippen LogP contribution is -2.42. The minimum Gasteiger partial charge on any atom is -0.456 e. The molecule has 1 aromatic carbocycles. The van der Waals surface area contributed by atoms with Crippen LogP contribution in [0.25, 0.3) is 0 Å². The first kappa shape index (κ1) is 13.4. The number of amides is 1. The molecular formula is C16H17N3O2. The highest BCUT2D eigenvalue weighted by molar-refractivity contribution is 5.92. The van der Waals surface area contributed by atoms with Gasteiger partial charge in [0, 0.05) is 18.8 Å². The maximum absolute atomic E-state index is 12.0. The van der Waals surface area contributed by atoms with Crippen LogP contribution in [0, 0.1) is 6.92 Å². The molecule has 21 heavy (non-hydrogen) atoms. The fourth-order valence-corrected chi connectivity index (χ4v) is 2.10. The first-order valence-electron chi connectivity index (χ1n) is 6.93. The number of aryl methyl sites for hydroxylation is 1. The number of ether oxygens (including phenoxy) is 1. The minimum atomic E-state index is -0.0175. The molecule has 0 unspecified atom stereocenters. The van der Waals surface area contributed by atoms with E-state index in [-0.39, 0.29) is 5.91 Å². The van der Waals surface area contributed by atoms with E-state index >= 15 is 0 Å². The first-order valence-corrected chi connectivity index (χ1v) is 6.93. The summed E-state index contributed by atoms with van der Waals surface area (Å²) in [5, 5.41) is 0. The van der Waals surface area contributed by atoms with Gasteiger partial charge in [-0.15, -0.1) is 0 Å². The Bertz CT molecular complexity index is 664. The summed E-state index contributed by atoms with van der Waals surface area (Å²) in [6.07, 6.45) is 2.64. The van der Waals surface area contributed by atoms with Crippen LogP contribution in [-0.2, 0) is 0 Å². The Morgan fingerprint density at radius 1 is 1.24 bits per heavy atom. The van der Waals surface area contributed by atoms with Crippen molar-refractivity contribution in [3.05, 3.63) is 47.8 Å². The average Bonchev–Trinajstić information content (AvgIpc) is 2.42. The second-order valence-corrected chi connectivity index (χ2v) is 5.15. The van der Waals surface area contributed by atoms with Gasteiger partial charge in [-0.25, -0.2) is 4.98 Å². The Morgan fingerprint density at radius 2 is 2.00 bits per heavy atom. The lowest BCUT2D eigenvalue weighted by atomic mass is 10.2. The summed E-state index contributed by atoms with van der Waals surface area (Å²) in [7, 11) is 0. The van der Waals surface area contributed by atoms with Gasteiger partial charge in [0.05, 0.1) is 6.20 Å². The summed E-state index contributed by atoms with van der Waals surface area (Å²) in [5.41, 5.74) is 7.92. The van der Waals surface area contributed by atoms with E-state index in [4.69, 9.17) is 10.5 Å². The van der Waals surface area contributed by atoms with Crippen molar-refractivity contribution < 1.29 is 9.53 Å². The number of nitrogens with two attached hydrogens (primary N) is 1. The van der Waals surface area contributed by atoms with Crippen molar-refractivity contribution in [1.82, 2.24) is 9.88 Å². The molecule has 3 rings (SSSR count). The van der Waals surface area contributed by atoms with Gasteiger partial charge >= 0.3 is 0 Å². The number of nitrogens with zero attached hydrogens (tertiary/aromatic N) is 2. The number of benzene rings is 1. The van der Waals surface area contributed by atoms with Gasteiger partial charge in [-0.2, -0.15) is 0 Å². The number of carbonyl (C=O) groups is 1. The molecule has 1 saturated heterocycles. The Hall–Kier alpha value is -2.56. The van der Waals surface area contributed by atoms with Crippen molar-refractivity contribution in [1.29, 1.82) is 0 Å². The normalized spacial score (nSPS) is 13.7. The zero-order valence-corrected chi connectivity index (χ0v) is 11.9. The van der Waals surface area contributed by atoms with Crippen molar-refractivity contribution in [2.45, 2.75) is 13.3 Å². The van der Waals surface area contributed by atoms with Gasteiger partial charge in [0.15, 0.2) is 0 Å². The molecular weight excluding hydrogens is 266 g/mol. The number of aromatic nitrogens is 1. The highest BCUT2D eigenvalue weighted by Gasteiger charge is 2.22. The van der Waals surface area contributed by atoms with E-state index in [9.17, 15) is 4.79 Å². The van der Waals surface area contributed by atoms with Gasteiger partial charge < -0.3 is 15.4 Å². The molecule has 0 atom stereocenters. The molecule has 0 aliphatic carbocycles. The lowest BCUT2D eigenvalue weighted by molar-refractivity contribution is 0.0645. The fourth-order valence-electron chi connectivity index (χ4n) is 2.10. The molecule has 2 aromatic rings. The first-order chi connectivity index (χ1) is 10.1. The van der Waals surface area contributed by atoms with Crippen LogP contribution in [-0.4, -0.2) is 28.9 Å². The molecule has 108 valence electrons. The number of hydrogen-bond acceptors (Lipinski definition) is 4. The van der Waals surface area contributed by atoms with Crippen LogP contribution in [0.3, 0.4) is 0 Å². The smallest absolute Gasteiger partial charge is 0.272 e. The van der Waals surface area contributed by atoms with Crippen molar-refractivity contribution in [2.24, 2.45) is 0 Å². The average molecular weight is 283 g/mol. The molecule has 1 amide bonds. The van der Waals surface area contributed by atoms with Crippen molar-refractivity contribution >= 4 is 11.6 Å². The predicted molar refractivity (Wildman–Crippen MR) is 80.4 cm³/mol. The molecule has 1 fully saturated rings. The van der Waals surface area contributed by atoms with Crippen LogP contribution < -0.4 is 10.5 Å². The summed E-state index contributed by atoms with van der Waals surface area (Å²) in [4.78, 5) is 17.9. The van der Waals surface area contributed by atoms with Gasteiger partial charge in [0.2, 0.25) is 0 Å². The quantitative estimate of drug-likeness (QED) is 0.879. The number of hydrogen-bond donors (Lipinski definition) is 1. The molecule has 2 N–H and O–H groups in total. The molecule has 1 aromatic heterocycles. The molecule has 1 aliphatic heterocycles. The minimum absolute atomic E-state index is 0.0175. The molecule has 1 aliphatic rings. The summed E-state index contributed by atoms with van der Waals surface area (Å²) < 4.78 is 5.71. The SMILES string of the molecule is Cc1cc(Oc2ccc(C(=O)N3CCC3)nc2)ccc1N. The van der Waals surface area contributed by atoms with E-state index in [0.29, 0.717) is 17.2 Å². The van der Waals surface area contributed by atoms with Gasteiger partial charge in [0.25, 0.3) is 5.91 Å². The van der Waals surface area contributed by atoms with E-state index in [1.54, 1.807) is 29.3 Å². The molecule has 5 heteroatoms. The van der Waals surface area contributed by atoms with Crippen LogP contribution in [0.15, 0.2) is 36.5 Å². The molecule has 0 radical (unpaired) electrons. The van der Waals surface area contributed by atoms with Gasteiger partial charge in [-0.05, 0) is 49.2 Å². The van der Waals surface area contributed by atoms with E-state index in [0.717, 1.165) is 30.8 Å². The van der Waals surface area contributed by atoms with Crippen LogP contribution in [0.2, 0.25) is 0 Å². The highest BCUT2D eigenvalue weighted by Crippen LogP contribution is 2.24. The standard InChI is InChI=1S/C16H17N3O2/c1-11-9-12(3-5-14(11)17)21-13-4-6-15(18-10-13)16(20)19-7-2-8-19/h3-6,9-10H,2,7-8,17H2,1H3. The topological polar surface area (TPSA) is 68.5 Å². The lowest BCUT2D eigenvalue weighted by Gasteiger charge is -2.30. The second kappa shape index (κ2) is 5.44. The molecule has 0 bridgehead atoms. The monoisotopic (exact) mass is 283 g/mol. The Labute approximate surface area is 123 Å². The molecule has 5 nitrogen and oxygen atoms in total. The third-order valence-electron chi connectivity index (χ3n) is 3.58. The van der Waals surface area contributed by atoms with Gasteiger partial charge in [-0.1, -0.05) is 0 Å². The Balaban J connectivity index is 1.71. The number of pyridine rings is 1. The maximum Gasteiger partial charge on any atom is 0.272 e. The van der Waals surface area contributed by atoms with Crippen molar-refractivity contribution in [3.8, 4) is 11.5 Å². The van der Waals surface area contributed by atoms with Crippen molar-refractivity contribution in [2.75, 3.05) is 18.8 Å². The summed E-state index contributed by atoms with van der Waals surface area (Å²) in [5.74, 6) is 1.28. The summed E-state index contributed by atoms with van der Waals surface area (Å²) >= 11 is 0. The Kier molecular flexibility index (Phi) is 3.48. The van der Waals surface area contributed by atoms with Crippen LogP contribution in [0.5, 0.6) is 11.5 Å². The zero-order chi connectivity index (χ0) is 14.8. The number of rotatable bonds is 3. The van der Waals surface area contributed by atoms with E-state index < -0.39 is 0 Å². The Morgan fingerprint density at radius 3 is 2.57 bits per heavy atom. The number of nitrogen functional groups attached to an aromatic ring is 1. The predicted octanol–water partition coefficient (Wildman–Crippen LogP) is 2.61. The zero-order valence-electron chi connectivity index (χ0n) is 11.9. The maximum atomic E-state index is 12.0. The molecule has 2 heterocycles. The molecule has 0 spiro atoms. The van der Waals surface area contributed by atoms with Crippen LogP contribution in [0.4, 0.5) is 5.69 Å². The van der Waals surface area contributed by atoms with Gasteiger partial charge in [0.1, 0.15) is 17.2 Å². The second-order valence-electron chi connectivity index (χ2n) is 5.15. The van der Waals surface area contributed by atoms with Crippen molar-refractivity contribution in [3.63, 3.8) is 0 Å². The van der Waals surface area contributed by atoms with Crippen LogP contribution in [0.1, 0.15) is 22.5 Å². The largest absolute Gasteiger partial charge is 0.456 e. The number of likely N-dealkylation sites (tertiary alicyclic amines) is 1. The third kappa shape index (κ3) is 2.81. The summed E-state index contributed by atoms with van der Waals surface area (Å²) in [6.45, 7) is 3.57. The highest BCUT2D eigenvalue weighted by atomic mass is 16.5. The summed E-state index contributed by atoms with van der Waals surface area (Å²) in [6, 6.07) is 8.93. The molecule has 0 saturated carbocycles. The fraction of sp³-hybridized carbons (Fsp3) is 0.250. The van der Waals surface area contributed by atoms with E-state index in [1.165, 1.54) is 0 Å². The number of anilines is 1.